The number of fused-ring (bicyclic) bond motifs is 3. The Labute approximate surface area is 307 Å². The third-order valence-electron chi connectivity index (χ3n) is 10.1. The number of aliphatic hydroxyl groups is 1. The summed E-state index contributed by atoms with van der Waals surface area (Å²) in [5.41, 5.74) is 2.67. The number of hydrogen-bond acceptors (Lipinski definition) is 13. The first-order valence-electron chi connectivity index (χ1n) is 17.9. The monoisotopic (exact) mass is 732 g/mol. The van der Waals surface area contributed by atoms with E-state index in [0.717, 1.165) is 16.7 Å². The van der Waals surface area contributed by atoms with E-state index in [1.807, 2.05) is 91.0 Å². The van der Waals surface area contributed by atoms with Crippen molar-refractivity contribution in [3.05, 3.63) is 108 Å². The maximum Gasteiger partial charge on any atom is 0.338 e. The van der Waals surface area contributed by atoms with Gasteiger partial charge in [0.05, 0.1) is 38.3 Å². The maximum absolute atomic E-state index is 14.1. The average Bonchev–Trinajstić information content (AvgIpc) is 3.72. The van der Waals surface area contributed by atoms with Gasteiger partial charge in [-0.2, -0.15) is 0 Å². The van der Waals surface area contributed by atoms with Crippen molar-refractivity contribution in [2.75, 3.05) is 13.7 Å². The van der Waals surface area contributed by atoms with E-state index in [0.29, 0.717) is 0 Å². The summed E-state index contributed by atoms with van der Waals surface area (Å²) >= 11 is 0. The van der Waals surface area contributed by atoms with E-state index in [1.54, 1.807) is 0 Å². The first-order valence-corrected chi connectivity index (χ1v) is 17.9. The van der Waals surface area contributed by atoms with Crippen LogP contribution in [0.25, 0.3) is 0 Å². The second-order valence-electron chi connectivity index (χ2n) is 13.7. The Hall–Kier alpha value is -4.21. The quantitative estimate of drug-likeness (QED) is 0.191. The van der Waals surface area contributed by atoms with Crippen molar-refractivity contribution in [2.45, 2.75) is 94.4 Å². The molecule has 13 nitrogen and oxygen atoms in total. The van der Waals surface area contributed by atoms with Crippen molar-refractivity contribution >= 4 is 17.9 Å². The van der Waals surface area contributed by atoms with Crippen molar-refractivity contribution in [1.82, 2.24) is 0 Å². The summed E-state index contributed by atoms with van der Waals surface area (Å²) < 4.78 is 54.5. The highest BCUT2D eigenvalue weighted by atomic mass is 16.7. The molecule has 4 saturated heterocycles. The molecule has 1 N–H and O–H groups in total. The summed E-state index contributed by atoms with van der Waals surface area (Å²) in [5.74, 6) is -3.22. The maximum atomic E-state index is 14.1. The minimum Gasteiger partial charge on any atom is -0.460 e. The zero-order chi connectivity index (χ0) is 36.9. The first-order chi connectivity index (χ1) is 25.8. The highest BCUT2D eigenvalue weighted by Gasteiger charge is 2.62. The summed E-state index contributed by atoms with van der Waals surface area (Å²) in [7, 11) is 1.45. The van der Waals surface area contributed by atoms with Gasteiger partial charge in [-0.15, -0.1) is 0 Å². The van der Waals surface area contributed by atoms with Crippen molar-refractivity contribution < 1.29 is 62.1 Å². The number of carbonyl (C=O) groups excluding carboxylic acids is 3. The van der Waals surface area contributed by atoms with E-state index in [4.69, 9.17) is 42.6 Å². The van der Waals surface area contributed by atoms with Crippen molar-refractivity contribution in [1.29, 1.82) is 0 Å². The molecule has 0 bridgehead atoms. The minimum atomic E-state index is -1.35. The normalized spacial score (nSPS) is 32.6. The van der Waals surface area contributed by atoms with Crippen LogP contribution in [0, 0.1) is 11.8 Å². The molecule has 4 aliphatic heterocycles. The Morgan fingerprint density at radius 3 is 1.85 bits per heavy atom. The standard InChI is InChI=1S/C40H44O13/c1-23(41)31-33-30(38(43)52-31)27-18-29(42)50-28(32(27)51-33)22-49-39(44)36-34(46-19-24-12-6-3-7-13-24)35(47-20-25-14-8-4-9-15-25)37(40(45-2)53-36)48-21-26-16-10-5-11-17-26/h3-17,23,27-28,30-37,40-41H,18-22H2,1-2H3/t23-,27-,28-,30-,31+,32+,33+,34+,35+,36-,37-,40+/m1/s1. The number of aliphatic hydroxyl groups excluding tert-OH is 1. The lowest BCUT2D eigenvalue weighted by Gasteiger charge is -2.44. The van der Waals surface area contributed by atoms with Crippen LogP contribution in [0.1, 0.15) is 30.0 Å². The van der Waals surface area contributed by atoms with Gasteiger partial charge in [0.15, 0.2) is 24.6 Å². The Bertz CT molecular complexity index is 1670. The zero-order valence-electron chi connectivity index (χ0n) is 29.5. The number of benzene rings is 3. The van der Waals surface area contributed by atoms with Gasteiger partial charge in [0.25, 0.3) is 0 Å². The summed E-state index contributed by atoms with van der Waals surface area (Å²) in [6.45, 7) is 1.63. The van der Waals surface area contributed by atoms with Crippen LogP contribution < -0.4 is 0 Å². The molecule has 3 aromatic rings. The molecule has 282 valence electrons. The first kappa shape index (κ1) is 37.1. The number of methoxy groups -OCH3 is 1. The molecule has 12 atom stereocenters. The number of cyclic esters (lactones) is 2. The summed E-state index contributed by atoms with van der Waals surface area (Å²) in [5, 5.41) is 10.2. The van der Waals surface area contributed by atoms with Gasteiger partial charge in [-0.05, 0) is 23.6 Å². The van der Waals surface area contributed by atoms with Gasteiger partial charge in [-0.1, -0.05) is 91.0 Å². The molecule has 0 aliphatic carbocycles. The number of rotatable bonds is 14. The van der Waals surface area contributed by atoms with Crippen LogP contribution in [0.4, 0.5) is 0 Å². The molecule has 4 fully saturated rings. The molecule has 4 heterocycles. The van der Waals surface area contributed by atoms with E-state index < -0.39 is 91.0 Å². The summed E-state index contributed by atoms with van der Waals surface area (Å²) in [6, 6.07) is 28.7. The molecule has 3 aromatic carbocycles. The molecule has 7 rings (SSSR count). The van der Waals surface area contributed by atoms with Crippen LogP contribution in [0.5, 0.6) is 0 Å². The van der Waals surface area contributed by atoms with Crippen molar-refractivity contribution in [2.24, 2.45) is 11.8 Å². The average molecular weight is 733 g/mol. The zero-order valence-corrected chi connectivity index (χ0v) is 29.5. The largest absolute Gasteiger partial charge is 0.460 e. The molecule has 4 aliphatic rings. The number of hydrogen-bond donors (Lipinski definition) is 1. The van der Waals surface area contributed by atoms with Crippen LogP contribution in [-0.4, -0.2) is 98.0 Å². The molecule has 13 heteroatoms. The third-order valence-corrected chi connectivity index (χ3v) is 10.1. The summed E-state index contributed by atoms with van der Waals surface area (Å²) in [6.07, 6.45) is -9.64. The molecule has 0 amide bonds. The summed E-state index contributed by atoms with van der Waals surface area (Å²) in [4.78, 5) is 39.7. The Morgan fingerprint density at radius 2 is 1.30 bits per heavy atom. The number of esters is 3. The van der Waals surface area contributed by atoms with Gasteiger partial charge in [0.1, 0.15) is 37.1 Å². The molecular weight excluding hydrogens is 688 g/mol. The lowest BCUT2D eigenvalue weighted by atomic mass is 9.81. The minimum absolute atomic E-state index is 0.0701. The number of ether oxygens (including phenoxy) is 9. The van der Waals surface area contributed by atoms with Crippen molar-refractivity contribution in [3.8, 4) is 0 Å². The topological polar surface area (TPSA) is 155 Å². The second-order valence-corrected chi connectivity index (χ2v) is 13.7. The molecule has 0 aromatic heterocycles. The van der Waals surface area contributed by atoms with Gasteiger partial charge < -0.3 is 47.7 Å². The van der Waals surface area contributed by atoms with Crippen LogP contribution in [-0.2, 0) is 76.8 Å². The van der Waals surface area contributed by atoms with Gasteiger partial charge in [-0.3, -0.25) is 9.59 Å². The van der Waals surface area contributed by atoms with E-state index >= 15 is 0 Å². The molecule has 0 unspecified atom stereocenters. The Kier molecular flexibility index (Phi) is 11.8. The van der Waals surface area contributed by atoms with E-state index in [1.165, 1.54) is 14.0 Å². The SMILES string of the molecule is CO[C@H]1O[C@@H](C(=O)OC[C@H]2OC(=O)C[C@H]3[C@@H]2O[C@@H]2[C@H]([C@@H](C)O)OC(=O)[C@H]32)[C@@H](OCc2ccccc2)[C@H](OCc2ccccc2)[C@H]1OCc1ccccc1. The fourth-order valence-corrected chi connectivity index (χ4v) is 7.55. The van der Waals surface area contributed by atoms with E-state index in [2.05, 4.69) is 0 Å². The Morgan fingerprint density at radius 1 is 0.755 bits per heavy atom. The molecule has 0 saturated carbocycles. The smallest absolute Gasteiger partial charge is 0.338 e. The van der Waals surface area contributed by atoms with Gasteiger partial charge in [0, 0.05) is 13.0 Å². The lowest BCUT2D eigenvalue weighted by Crippen LogP contribution is -2.63. The van der Waals surface area contributed by atoms with Crippen molar-refractivity contribution in [3.63, 3.8) is 0 Å². The van der Waals surface area contributed by atoms with Crippen LogP contribution in [0.2, 0.25) is 0 Å². The second kappa shape index (κ2) is 16.9. The molecule has 0 radical (unpaired) electrons. The molecular formula is C40H44O13. The van der Waals surface area contributed by atoms with Crippen LogP contribution >= 0.6 is 0 Å². The fraction of sp³-hybridized carbons (Fsp3) is 0.475. The fourth-order valence-electron chi connectivity index (χ4n) is 7.55. The Balaban J connectivity index is 1.13. The highest BCUT2D eigenvalue weighted by molar-refractivity contribution is 5.79. The van der Waals surface area contributed by atoms with Gasteiger partial charge in [-0.25, -0.2) is 4.79 Å². The van der Waals surface area contributed by atoms with Gasteiger partial charge in [0.2, 0.25) is 0 Å². The third kappa shape index (κ3) is 8.31. The van der Waals surface area contributed by atoms with E-state index in [-0.39, 0.29) is 32.8 Å². The molecule has 0 spiro atoms. The van der Waals surface area contributed by atoms with Crippen LogP contribution in [0.3, 0.4) is 0 Å². The molecule has 53 heavy (non-hydrogen) atoms. The van der Waals surface area contributed by atoms with Crippen LogP contribution in [0.15, 0.2) is 91.0 Å². The number of carbonyl (C=O) groups is 3. The van der Waals surface area contributed by atoms with Gasteiger partial charge >= 0.3 is 17.9 Å². The predicted octanol–water partition coefficient (Wildman–Crippen LogP) is 3.28. The lowest BCUT2D eigenvalue weighted by molar-refractivity contribution is -0.315. The highest BCUT2D eigenvalue weighted by Crippen LogP contribution is 2.47. The van der Waals surface area contributed by atoms with E-state index in [9.17, 15) is 19.5 Å². The predicted molar refractivity (Wildman–Crippen MR) is 183 cm³/mol.